The van der Waals surface area contributed by atoms with Crippen LogP contribution in [0.15, 0.2) is 24.3 Å². The summed E-state index contributed by atoms with van der Waals surface area (Å²) in [5, 5.41) is 34.5. The van der Waals surface area contributed by atoms with Crippen LogP contribution < -0.4 is 33.2 Å². The molecule has 1 rings (SSSR count). The van der Waals surface area contributed by atoms with E-state index >= 15 is 0 Å². The number of carbonyl (C=O) groups is 7. The summed E-state index contributed by atoms with van der Waals surface area (Å²) in [6, 6.07) is 0.184. The van der Waals surface area contributed by atoms with Crippen LogP contribution in [-0.4, -0.2) is 81.0 Å². The number of nitrogens with one attached hydrogen (secondary N) is 3. The van der Waals surface area contributed by atoms with Gasteiger partial charge in [-0.1, -0.05) is 12.1 Å². The zero-order chi connectivity index (χ0) is 30.4. The van der Waals surface area contributed by atoms with Gasteiger partial charge in [0.15, 0.2) is 0 Å². The number of carboxylic acid groups (broad SMARTS) is 2. The molecule has 40 heavy (non-hydrogen) atoms. The van der Waals surface area contributed by atoms with Crippen LogP contribution in [0.3, 0.4) is 0 Å². The van der Waals surface area contributed by atoms with Crippen molar-refractivity contribution in [2.75, 3.05) is 0 Å². The summed E-state index contributed by atoms with van der Waals surface area (Å²) in [6.45, 7) is 0. The first-order valence-electron chi connectivity index (χ1n) is 12.1. The van der Waals surface area contributed by atoms with Crippen LogP contribution in [0.5, 0.6) is 5.75 Å². The van der Waals surface area contributed by atoms with Gasteiger partial charge in [-0.3, -0.25) is 28.8 Å². The van der Waals surface area contributed by atoms with Crippen LogP contribution in [-0.2, 0) is 40.0 Å². The number of amides is 5. The van der Waals surface area contributed by atoms with Gasteiger partial charge in [-0.15, -0.1) is 0 Å². The molecule has 0 aliphatic rings. The van der Waals surface area contributed by atoms with E-state index in [1.807, 2.05) is 0 Å². The number of rotatable bonds is 18. The summed E-state index contributed by atoms with van der Waals surface area (Å²) in [7, 11) is 0. The third kappa shape index (κ3) is 12.7. The lowest BCUT2D eigenvalue weighted by Crippen LogP contribution is -2.57. The fourth-order valence-corrected chi connectivity index (χ4v) is 3.44. The van der Waals surface area contributed by atoms with Crippen LogP contribution in [0.1, 0.15) is 44.1 Å². The predicted molar refractivity (Wildman–Crippen MR) is 137 cm³/mol. The van der Waals surface area contributed by atoms with Gasteiger partial charge in [0.2, 0.25) is 29.5 Å². The maximum atomic E-state index is 13.1. The van der Waals surface area contributed by atoms with Crippen LogP contribution in [0, 0.1) is 0 Å². The van der Waals surface area contributed by atoms with E-state index in [0.717, 1.165) is 0 Å². The van der Waals surface area contributed by atoms with Crippen molar-refractivity contribution in [3.8, 4) is 5.75 Å². The lowest BCUT2D eigenvalue weighted by molar-refractivity contribution is -0.143. The van der Waals surface area contributed by atoms with E-state index in [1.165, 1.54) is 12.1 Å². The molecule has 4 unspecified atom stereocenters. The van der Waals surface area contributed by atoms with Crippen LogP contribution in [0.2, 0.25) is 0 Å². The Morgan fingerprint density at radius 3 is 1.55 bits per heavy atom. The van der Waals surface area contributed by atoms with E-state index in [9.17, 15) is 43.8 Å². The summed E-state index contributed by atoms with van der Waals surface area (Å²) in [5.74, 6) is -7.24. The topological polar surface area (TPSA) is 294 Å². The molecule has 0 aliphatic heterocycles. The molecule has 4 atom stereocenters. The zero-order valence-electron chi connectivity index (χ0n) is 21.5. The van der Waals surface area contributed by atoms with Gasteiger partial charge >= 0.3 is 11.9 Å². The average molecular weight is 567 g/mol. The highest BCUT2D eigenvalue weighted by Gasteiger charge is 2.31. The van der Waals surface area contributed by atoms with Gasteiger partial charge in [0.1, 0.15) is 23.9 Å². The quantitative estimate of drug-likeness (QED) is 0.0873. The smallest absolute Gasteiger partial charge is 0.326 e. The lowest BCUT2D eigenvalue weighted by Gasteiger charge is -2.25. The summed E-state index contributed by atoms with van der Waals surface area (Å²) >= 11 is 0. The molecular weight excluding hydrogens is 532 g/mol. The van der Waals surface area contributed by atoms with Crippen molar-refractivity contribution < 1.29 is 48.9 Å². The second-order valence-corrected chi connectivity index (χ2v) is 8.94. The van der Waals surface area contributed by atoms with Crippen molar-refractivity contribution in [3.05, 3.63) is 29.8 Å². The summed E-state index contributed by atoms with van der Waals surface area (Å²) in [6.07, 6.45) is -2.36. The van der Waals surface area contributed by atoms with E-state index in [-0.39, 0.29) is 37.9 Å². The Morgan fingerprint density at radius 2 is 1.10 bits per heavy atom. The number of phenolic OH excluding ortho intramolecular Hbond substituents is 1. The first-order valence-corrected chi connectivity index (χ1v) is 12.1. The fourth-order valence-electron chi connectivity index (χ4n) is 3.44. The third-order valence-corrected chi connectivity index (χ3v) is 5.61. The molecule has 1 aromatic carbocycles. The Morgan fingerprint density at radius 1 is 0.675 bits per heavy atom. The number of carbonyl (C=O) groups excluding carboxylic acids is 5. The number of primary amides is 2. The molecule has 0 aliphatic carbocycles. The molecule has 0 radical (unpaired) electrons. The molecule has 5 amide bonds. The van der Waals surface area contributed by atoms with Gasteiger partial charge in [0.25, 0.3) is 0 Å². The van der Waals surface area contributed by atoms with Crippen LogP contribution in [0.25, 0.3) is 0 Å². The zero-order valence-corrected chi connectivity index (χ0v) is 21.5. The Hall–Kier alpha value is -4.73. The SMILES string of the molecule is NC(=O)CCC(NC(=O)C(CCC(=O)O)NC(=O)C(CCC(N)=O)NC(=O)C(N)Cc1ccc(O)cc1)C(=O)O. The second-order valence-electron chi connectivity index (χ2n) is 8.94. The largest absolute Gasteiger partial charge is 0.508 e. The van der Waals surface area contributed by atoms with Crippen molar-refractivity contribution >= 4 is 41.5 Å². The molecule has 16 nitrogen and oxygen atoms in total. The molecule has 0 saturated heterocycles. The predicted octanol–water partition coefficient (Wildman–Crippen LogP) is -2.80. The van der Waals surface area contributed by atoms with E-state index < -0.39 is 78.5 Å². The number of hydrogen-bond acceptors (Lipinski definition) is 9. The monoisotopic (exact) mass is 566 g/mol. The number of aromatic hydroxyl groups is 1. The molecule has 1 aromatic rings. The van der Waals surface area contributed by atoms with E-state index in [1.54, 1.807) is 12.1 Å². The molecule has 220 valence electrons. The molecule has 0 aromatic heterocycles. The summed E-state index contributed by atoms with van der Waals surface area (Å²) in [5.41, 5.74) is 16.7. The maximum Gasteiger partial charge on any atom is 0.326 e. The fraction of sp³-hybridized carbons (Fsp3) is 0.458. The number of nitrogens with two attached hydrogens (primary N) is 3. The Kier molecular flexibility index (Phi) is 13.6. The highest BCUT2D eigenvalue weighted by molar-refractivity contribution is 5.94. The Balaban J connectivity index is 3.04. The van der Waals surface area contributed by atoms with Crippen LogP contribution in [0.4, 0.5) is 0 Å². The number of phenols is 1. The normalized spacial score (nSPS) is 13.6. The molecule has 0 bridgehead atoms. The summed E-state index contributed by atoms with van der Waals surface area (Å²) < 4.78 is 0. The van der Waals surface area contributed by atoms with Crippen molar-refractivity contribution in [2.45, 2.75) is 69.1 Å². The highest BCUT2D eigenvalue weighted by atomic mass is 16.4. The van der Waals surface area contributed by atoms with Gasteiger partial charge in [-0.25, -0.2) is 4.79 Å². The molecule has 0 saturated carbocycles. The van der Waals surface area contributed by atoms with Crippen molar-refractivity contribution in [3.63, 3.8) is 0 Å². The summed E-state index contributed by atoms with van der Waals surface area (Å²) in [4.78, 5) is 83.5. The first-order chi connectivity index (χ1) is 18.7. The maximum absolute atomic E-state index is 13.1. The van der Waals surface area contributed by atoms with Crippen molar-refractivity contribution in [1.82, 2.24) is 16.0 Å². The van der Waals surface area contributed by atoms with E-state index in [2.05, 4.69) is 16.0 Å². The standard InChI is InChI=1S/C24H34N6O10/c25-14(11-12-1-3-13(31)4-2-12)21(36)28-15(5-8-18(26)32)22(37)29-16(7-10-20(34)35)23(38)30-17(24(39)40)6-9-19(27)33/h1-4,14-17,31H,5-11,25H2,(H2,26,32)(H2,27,33)(H,28,36)(H,29,37)(H,30,38)(H,34,35)(H,39,40). The van der Waals surface area contributed by atoms with Crippen molar-refractivity contribution in [2.24, 2.45) is 17.2 Å². The Labute approximate surface area is 228 Å². The third-order valence-electron chi connectivity index (χ3n) is 5.61. The highest BCUT2D eigenvalue weighted by Crippen LogP contribution is 2.11. The molecule has 0 heterocycles. The van der Waals surface area contributed by atoms with E-state index in [0.29, 0.717) is 5.56 Å². The minimum absolute atomic E-state index is 0.00833. The minimum Gasteiger partial charge on any atom is -0.508 e. The molecule has 0 spiro atoms. The molecule has 0 fully saturated rings. The van der Waals surface area contributed by atoms with Gasteiger partial charge in [0.05, 0.1) is 6.04 Å². The van der Waals surface area contributed by atoms with Crippen molar-refractivity contribution in [1.29, 1.82) is 0 Å². The second kappa shape index (κ2) is 16.3. The van der Waals surface area contributed by atoms with Gasteiger partial charge < -0.3 is 48.5 Å². The Bertz CT molecular complexity index is 1090. The number of hydrogen-bond donors (Lipinski definition) is 9. The van der Waals surface area contributed by atoms with Gasteiger partial charge in [-0.05, 0) is 43.4 Å². The molecule has 12 N–H and O–H groups in total. The number of benzene rings is 1. The molecule has 16 heteroatoms. The first kappa shape index (κ1) is 33.3. The molecular formula is C24H34N6O10. The number of carboxylic acids is 2. The van der Waals surface area contributed by atoms with E-state index in [4.69, 9.17) is 22.3 Å². The lowest BCUT2D eigenvalue weighted by atomic mass is 10.0. The average Bonchev–Trinajstić information content (AvgIpc) is 2.86. The van der Waals surface area contributed by atoms with Crippen LogP contribution >= 0.6 is 0 Å². The number of aliphatic carboxylic acids is 2. The minimum atomic E-state index is -1.56. The van der Waals surface area contributed by atoms with Gasteiger partial charge in [0, 0.05) is 19.3 Å². The van der Waals surface area contributed by atoms with Gasteiger partial charge in [-0.2, -0.15) is 0 Å².